The number of thiophene rings is 2. The molecule has 1 fully saturated rings. The predicted octanol–water partition coefficient (Wildman–Crippen LogP) is 2.40. The first-order valence-corrected chi connectivity index (χ1v) is 10.7. The van der Waals surface area contributed by atoms with E-state index in [1.54, 1.807) is 4.90 Å². The van der Waals surface area contributed by atoms with Gasteiger partial charge in [0.2, 0.25) is 5.91 Å². The van der Waals surface area contributed by atoms with Crippen molar-refractivity contribution in [3.63, 3.8) is 0 Å². The van der Waals surface area contributed by atoms with E-state index in [1.165, 1.54) is 22.7 Å². The van der Waals surface area contributed by atoms with Crippen molar-refractivity contribution in [2.24, 2.45) is 11.7 Å². The standard InChI is InChI=1S/C19H18N6O2S2/c20-7-11-12(10-3-6-28-8-10)13-14(21)15(29-18(13)24-16(11)22)19(27)25-4-1-9(2-5-25)17(23)26/h3,6,8-9H,1-2,4-5,21H2,(H2,22,24)(H2,23,26). The second-order valence-corrected chi connectivity index (χ2v) is 8.64. The molecule has 6 N–H and O–H groups in total. The molecule has 3 aromatic heterocycles. The normalized spacial score (nSPS) is 14.8. The minimum Gasteiger partial charge on any atom is -0.397 e. The Morgan fingerprint density at radius 2 is 2.00 bits per heavy atom. The second kappa shape index (κ2) is 7.35. The summed E-state index contributed by atoms with van der Waals surface area (Å²) in [5, 5.41) is 14.0. The summed E-state index contributed by atoms with van der Waals surface area (Å²) in [5.41, 5.74) is 19.8. The summed E-state index contributed by atoms with van der Waals surface area (Å²) in [4.78, 5) is 31.4. The molecule has 3 aromatic rings. The zero-order chi connectivity index (χ0) is 20.7. The molecule has 148 valence electrons. The van der Waals surface area contributed by atoms with Gasteiger partial charge in [-0.15, -0.1) is 11.3 Å². The number of rotatable bonds is 3. The molecule has 0 spiro atoms. The molecular formula is C19H18N6O2S2. The third-order valence-electron chi connectivity index (χ3n) is 5.21. The van der Waals surface area contributed by atoms with Crippen LogP contribution in [0.15, 0.2) is 16.8 Å². The Labute approximate surface area is 174 Å². The summed E-state index contributed by atoms with van der Waals surface area (Å²) in [6, 6.07) is 4.00. The summed E-state index contributed by atoms with van der Waals surface area (Å²) < 4.78 is 0. The van der Waals surface area contributed by atoms with Gasteiger partial charge in [-0.25, -0.2) is 4.98 Å². The van der Waals surface area contributed by atoms with Crippen LogP contribution in [0.4, 0.5) is 11.5 Å². The molecular weight excluding hydrogens is 408 g/mol. The number of hydrogen-bond acceptors (Lipinski definition) is 8. The lowest BCUT2D eigenvalue weighted by atomic mass is 9.96. The molecule has 1 saturated heterocycles. The summed E-state index contributed by atoms with van der Waals surface area (Å²) in [5.74, 6) is -0.628. The van der Waals surface area contributed by atoms with Crippen molar-refractivity contribution in [1.29, 1.82) is 5.26 Å². The Morgan fingerprint density at radius 3 is 2.59 bits per heavy atom. The van der Waals surface area contributed by atoms with Crippen LogP contribution in [0.3, 0.4) is 0 Å². The van der Waals surface area contributed by atoms with Gasteiger partial charge in [0, 0.05) is 30.0 Å². The van der Waals surface area contributed by atoms with E-state index in [-0.39, 0.29) is 29.1 Å². The number of amides is 2. The maximum Gasteiger partial charge on any atom is 0.266 e. The fraction of sp³-hybridized carbons (Fsp3) is 0.263. The van der Waals surface area contributed by atoms with E-state index in [0.717, 1.165) is 5.56 Å². The van der Waals surface area contributed by atoms with Crippen LogP contribution >= 0.6 is 22.7 Å². The molecule has 29 heavy (non-hydrogen) atoms. The minimum absolute atomic E-state index is 0.115. The lowest BCUT2D eigenvalue weighted by Gasteiger charge is -2.30. The number of aromatic nitrogens is 1. The number of nitrogen functional groups attached to an aromatic ring is 2. The Kier molecular flexibility index (Phi) is 4.86. The molecule has 2 amide bonds. The quantitative estimate of drug-likeness (QED) is 0.585. The lowest BCUT2D eigenvalue weighted by molar-refractivity contribution is -0.123. The molecule has 4 rings (SSSR count). The van der Waals surface area contributed by atoms with Gasteiger partial charge in [0.05, 0.1) is 5.69 Å². The summed E-state index contributed by atoms with van der Waals surface area (Å²) in [6.07, 6.45) is 1.08. The first-order valence-electron chi connectivity index (χ1n) is 8.95. The SMILES string of the molecule is N#Cc1c(N)nc2sc(C(=O)N3CCC(C(N)=O)CC3)c(N)c2c1-c1ccsc1. The van der Waals surface area contributed by atoms with Crippen LogP contribution in [0.5, 0.6) is 0 Å². The van der Waals surface area contributed by atoms with Crippen LogP contribution in [0, 0.1) is 17.2 Å². The number of primary amides is 1. The molecule has 0 unspecified atom stereocenters. The first kappa shape index (κ1) is 19.2. The smallest absolute Gasteiger partial charge is 0.266 e. The van der Waals surface area contributed by atoms with E-state index in [2.05, 4.69) is 11.1 Å². The van der Waals surface area contributed by atoms with Gasteiger partial charge in [-0.05, 0) is 35.2 Å². The fourth-order valence-corrected chi connectivity index (χ4v) is 5.37. The molecule has 1 aliphatic rings. The number of nitrogens with two attached hydrogens (primary N) is 3. The number of fused-ring (bicyclic) bond motifs is 1. The average molecular weight is 427 g/mol. The van der Waals surface area contributed by atoms with Crippen LogP contribution in [-0.4, -0.2) is 34.8 Å². The Morgan fingerprint density at radius 1 is 1.28 bits per heavy atom. The average Bonchev–Trinajstić information content (AvgIpc) is 3.35. The van der Waals surface area contributed by atoms with Crippen molar-refractivity contribution in [2.75, 3.05) is 24.6 Å². The van der Waals surface area contributed by atoms with Crippen molar-refractivity contribution < 1.29 is 9.59 Å². The van der Waals surface area contributed by atoms with E-state index in [9.17, 15) is 14.9 Å². The van der Waals surface area contributed by atoms with Gasteiger partial charge in [0.25, 0.3) is 5.91 Å². The monoisotopic (exact) mass is 426 g/mol. The summed E-state index contributed by atoms with van der Waals surface area (Å²) in [7, 11) is 0. The largest absolute Gasteiger partial charge is 0.397 e. The van der Waals surface area contributed by atoms with Gasteiger partial charge in [-0.2, -0.15) is 16.6 Å². The highest BCUT2D eigenvalue weighted by molar-refractivity contribution is 7.21. The minimum atomic E-state index is -0.331. The molecule has 0 bridgehead atoms. The van der Waals surface area contributed by atoms with Gasteiger partial charge < -0.3 is 22.1 Å². The number of nitriles is 1. The van der Waals surface area contributed by atoms with E-state index >= 15 is 0 Å². The number of anilines is 2. The number of carbonyl (C=O) groups is 2. The zero-order valence-electron chi connectivity index (χ0n) is 15.3. The Balaban J connectivity index is 1.79. The molecule has 1 aliphatic heterocycles. The van der Waals surface area contributed by atoms with Crippen LogP contribution in [0.2, 0.25) is 0 Å². The first-order chi connectivity index (χ1) is 13.9. The summed E-state index contributed by atoms with van der Waals surface area (Å²) >= 11 is 2.66. The fourth-order valence-electron chi connectivity index (χ4n) is 3.65. The Bertz CT molecular complexity index is 1150. The van der Waals surface area contributed by atoms with Gasteiger partial charge in [-0.1, -0.05) is 0 Å². The molecule has 0 atom stereocenters. The lowest BCUT2D eigenvalue weighted by Crippen LogP contribution is -2.41. The highest BCUT2D eigenvalue weighted by atomic mass is 32.1. The van der Waals surface area contributed by atoms with Crippen LogP contribution in [-0.2, 0) is 4.79 Å². The predicted molar refractivity (Wildman–Crippen MR) is 114 cm³/mol. The number of carbonyl (C=O) groups excluding carboxylic acids is 2. The molecule has 8 nitrogen and oxygen atoms in total. The van der Waals surface area contributed by atoms with Crippen molar-refractivity contribution in [2.45, 2.75) is 12.8 Å². The molecule has 0 aromatic carbocycles. The van der Waals surface area contributed by atoms with E-state index < -0.39 is 0 Å². The highest BCUT2D eigenvalue weighted by Crippen LogP contribution is 2.43. The van der Waals surface area contributed by atoms with Crippen molar-refractivity contribution in [3.8, 4) is 17.2 Å². The third kappa shape index (κ3) is 3.18. The van der Waals surface area contributed by atoms with Crippen LogP contribution in [0.1, 0.15) is 28.1 Å². The highest BCUT2D eigenvalue weighted by Gasteiger charge is 2.30. The zero-order valence-corrected chi connectivity index (χ0v) is 17.0. The number of piperidine rings is 1. The van der Waals surface area contributed by atoms with Crippen molar-refractivity contribution in [3.05, 3.63) is 27.3 Å². The number of pyridine rings is 1. The van der Waals surface area contributed by atoms with Gasteiger partial charge in [0.1, 0.15) is 27.2 Å². The molecule has 0 aliphatic carbocycles. The van der Waals surface area contributed by atoms with Gasteiger partial charge in [-0.3, -0.25) is 9.59 Å². The van der Waals surface area contributed by atoms with E-state index in [4.69, 9.17) is 17.2 Å². The number of hydrogen-bond donors (Lipinski definition) is 3. The van der Waals surface area contributed by atoms with E-state index in [0.29, 0.717) is 52.3 Å². The maximum atomic E-state index is 13.1. The van der Waals surface area contributed by atoms with Crippen LogP contribution in [0.25, 0.3) is 21.3 Å². The van der Waals surface area contributed by atoms with Crippen LogP contribution < -0.4 is 17.2 Å². The maximum absolute atomic E-state index is 13.1. The second-order valence-electron chi connectivity index (χ2n) is 6.86. The molecule has 0 radical (unpaired) electrons. The molecule has 0 saturated carbocycles. The topological polar surface area (TPSA) is 152 Å². The number of nitrogens with zero attached hydrogens (tertiary/aromatic N) is 3. The molecule has 10 heteroatoms. The third-order valence-corrected chi connectivity index (χ3v) is 6.98. The molecule has 4 heterocycles. The van der Waals surface area contributed by atoms with Gasteiger partial charge >= 0.3 is 0 Å². The summed E-state index contributed by atoms with van der Waals surface area (Å²) in [6.45, 7) is 0.882. The Hall–Kier alpha value is -3.16. The van der Waals surface area contributed by atoms with E-state index in [1.807, 2.05) is 16.8 Å². The van der Waals surface area contributed by atoms with Crippen molar-refractivity contribution in [1.82, 2.24) is 9.88 Å². The van der Waals surface area contributed by atoms with Gasteiger partial charge in [0.15, 0.2) is 0 Å². The van der Waals surface area contributed by atoms with Crippen molar-refractivity contribution >= 4 is 56.2 Å². The number of likely N-dealkylation sites (tertiary alicyclic amines) is 1.